The molecule has 0 saturated heterocycles. The fraction of sp³-hybridized carbons (Fsp3) is 0.333. The van der Waals surface area contributed by atoms with Gasteiger partial charge in [0.1, 0.15) is 12.4 Å². The lowest BCUT2D eigenvalue weighted by Gasteiger charge is -2.12. The van der Waals surface area contributed by atoms with Crippen LogP contribution in [0.25, 0.3) is 6.08 Å². The van der Waals surface area contributed by atoms with Crippen molar-refractivity contribution in [2.75, 3.05) is 6.61 Å². The number of carbonyl (C=O) groups is 1. The fourth-order valence-corrected chi connectivity index (χ4v) is 2.23. The van der Waals surface area contributed by atoms with Crippen LogP contribution < -0.4 is 4.74 Å². The molecule has 2 aromatic rings. The summed E-state index contributed by atoms with van der Waals surface area (Å²) in [5, 5.41) is 0. The highest BCUT2D eigenvalue weighted by molar-refractivity contribution is 5.87. The average molecular weight is 339 g/mol. The SMILES string of the molecule is CCCCOC(=O)/C=C/c1cc(C)c(C)cc1OCc1ccccn1. The van der Waals surface area contributed by atoms with Gasteiger partial charge in [0.05, 0.1) is 12.3 Å². The number of hydrogen-bond acceptors (Lipinski definition) is 4. The Balaban J connectivity index is 2.10. The molecule has 132 valence electrons. The average Bonchev–Trinajstić information content (AvgIpc) is 2.62. The monoisotopic (exact) mass is 339 g/mol. The quantitative estimate of drug-likeness (QED) is 0.399. The molecule has 1 aromatic heterocycles. The minimum Gasteiger partial charge on any atom is -0.487 e. The molecular formula is C21H25NO3. The maximum absolute atomic E-state index is 11.8. The van der Waals surface area contributed by atoms with Crippen LogP contribution in [0.4, 0.5) is 0 Å². The Bertz CT molecular complexity index is 723. The minimum atomic E-state index is -0.331. The Hall–Kier alpha value is -2.62. The maximum atomic E-state index is 11.8. The third-order valence-electron chi connectivity index (χ3n) is 3.87. The van der Waals surface area contributed by atoms with E-state index < -0.39 is 0 Å². The molecule has 0 spiro atoms. The predicted molar refractivity (Wildman–Crippen MR) is 99.4 cm³/mol. The van der Waals surface area contributed by atoms with E-state index in [1.807, 2.05) is 44.2 Å². The van der Waals surface area contributed by atoms with Gasteiger partial charge in [0, 0.05) is 17.8 Å². The van der Waals surface area contributed by atoms with Crippen molar-refractivity contribution in [2.45, 2.75) is 40.2 Å². The van der Waals surface area contributed by atoms with Crippen molar-refractivity contribution in [1.82, 2.24) is 4.98 Å². The second kappa shape index (κ2) is 9.62. The van der Waals surface area contributed by atoms with Gasteiger partial charge in [-0.05, 0) is 61.7 Å². The van der Waals surface area contributed by atoms with Crippen molar-refractivity contribution in [3.8, 4) is 5.75 Å². The molecule has 0 unspecified atom stereocenters. The molecule has 0 fully saturated rings. The molecule has 25 heavy (non-hydrogen) atoms. The molecule has 0 saturated carbocycles. The van der Waals surface area contributed by atoms with Crippen molar-refractivity contribution < 1.29 is 14.3 Å². The number of pyridine rings is 1. The second-order valence-corrected chi connectivity index (χ2v) is 5.94. The Morgan fingerprint density at radius 1 is 1.20 bits per heavy atom. The van der Waals surface area contributed by atoms with Gasteiger partial charge in [-0.25, -0.2) is 4.79 Å². The van der Waals surface area contributed by atoms with Gasteiger partial charge < -0.3 is 9.47 Å². The predicted octanol–water partition coefficient (Wildman–Crippen LogP) is 4.63. The highest BCUT2D eigenvalue weighted by Crippen LogP contribution is 2.25. The van der Waals surface area contributed by atoms with Crippen LogP contribution in [0.5, 0.6) is 5.75 Å². The first kappa shape index (κ1) is 18.7. The van der Waals surface area contributed by atoms with Crippen LogP contribution in [0.3, 0.4) is 0 Å². The molecule has 0 bridgehead atoms. The van der Waals surface area contributed by atoms with Gasteiger partial charge in [-0.3, -0.25) is 4.98 Å². The van der Waals surface area contributed by atoms with E-state index in [0.29, 0.717) is 13.2 Å². The van der Waals surface area contributed by atoms with E-state index in [9.17, 15) is 4.79 Å². The van der Waals surface area contributed by atoms with Crippen LogP contribution in [0.2, 0.25) is 0 Å². The zero-order valence-electron chi connectivity index (χ0n) is 15.1. The molecule has 1 heterocycles. The van der Waals surface area contributed by atoms with Crippen LogP contribution >= 0.6 is 0 Å². The van der Waals surface area contributed by atoms with Crippen LogP contribution in [0.15, 0.2) is 42.6 Å². The van der Waals surface area contributed by atoms with Crippen molar-refractivity contribution in [3.05, 3.63) is 65.0 Å². The number of hydrogen-bond donors (Lipinski definition) is 0. The summed E-state index contributed by atoms with van der Waals surface area (Å²) in [7, 11) is 0. The van der Waals surface area contributed by atoms with Crippen molar-refractivity contribution in [1.29, 1.82) is 0 Å². The van der Waals surface area contributed by atoms with Gasteiger partial charge in [-0.15, -0.1) is 0 Å². The summed E-state index contributed by atoms with van der Waals surface area (Å²) in [5.74, 6) is 0.397. The molecule has 0 radical (unpaired) electrons. The molecular weight excluding hydrogens is 314 g/mol. The number of unbranched alkanes of at least 4 members (excludes halogenated alkanes) is 1. The van der Waals surface area contributed by atoms with Gasteiger partial charge in [-0.2, -0.15) is 0 Å². The number of esters is 1. The molecule has 4 heteroatoms. The molecule has 4 nitrogen and oxygen atoms in total. The largest absolute Gasteiger partial charge is 0.487 e. The number of benzene rings is 1. The summed E-state index contributed by atoms with van der Waals surface area (Å²) in [6.07, 6.45) is 6.81. The van der Waals surface area contributed by atoms with Crippen LogP contribution in [-0.4, -0.2) is 17.6 Å². The van der Waals surface area contributed by atoms with Gasteiger partial charge in [-0.1, -0.05) is 19.4 Å². The van der Waals surface area contributed by atoms with E-state index in [1.165, 1.54) is 6.08 Å². The number of rotatable bonds is 8. The van der Waals surface area contributed by atoms with Crippen molar-refractivity contribution in [2.24, 2.45) is 0 Å². The molecule has 0 atom stereocenters. The second-order valence-electron chi connectivity index (χ2n) is 5.94. The molecule has 1 aromatic carbocycles. The summed E-state index contributed by atoms with van der Waals surface area (Å²) in [6.45, 7) is 6.97. The number of nitrogens with zero attached hydrogens (tertiary/aromatic N) is 1. The van der Waals surface area contributed by atoms with E-state index in [2.05, 4.69) is 11.9 Å². The third-order valence-corrected chi connectivity index (χ3v) is 3.87. The Labute approximate surface area is 149 Å². The van der Waals surface area contributed by atoms with E-state index in [4.69, 9.17) is 9.47 Å². The van der Waals surface area contributed by atoms with Crippen LogP contribution in [0.1, 0.15) is 42.1 Å². The Kier molecular flexibility index (Phi) is 7.20. The lowest BCUT2D eigenvalue weighted by Crippen LogP contribution is -2.02. The van der Waals surface area contributed by atoms with Crippen molar-refractivity contribution >= 4 is 12.0 Å². The molecule has 0 aliphatic carbocycles. The third kappa shape index (κ3) is 6.07. The lowest BCUT2D eigenvalue weighted by molar-refractivity contribution is -0.137. The summed E-state index contributed by atoms with van der Waals surface area (Å²) >= 11 is 0. The normalized spacial score (nSPS) is 10.8. The van der Waals surface area contributed by atoms with Gasteiger partial charge in [0.25, 0.3) is 0 Å². The summed E-state index contributed by atoms with van der Waals surface area (Å²) in [4.78, 5) is 16.0. The molecule has 2 rings (SSSR count). The fourth-order valence-electron chi connectivity index (χ4n) is 2.23. The van der Waals surface area contributed by atoms with E-state index in [0.717, 1.165) is 41.0 Å². The highest BCUT2D eigenvalue weighted by atomic mass is 16.5. The first-order chi connectivity index (χ1) is 12.1. The number of ether oxygens (including phenoxy) is 2. The summed E-state index contributed by atoms with van der Waals surface area (Å²) in [5.41, 5.74) is 3.99. The standard InChI is InChI=1S/C21H25NO3/c1-4-5-12-24-21(23)10-9-18-13-16(2)17(3)14-20(18)25-15-19-8-6-7-11-22-19/h6-11,13-14H,4-5,12,15H2,1-3H3/b10-9+. The molecule has 0 N–H and O–H groups in total. The first-order valence-electron chi connectivity index (χ1n) is 8.59. The zero-order chi connectivity index (χ0) is 18.1. The van der Waals surface area contributed by atoms with Gasteiger partial charge in [0.15, 0.2) is 0 Å². The summed E-state index contributed by atoms with van der Waals surface area (Å²) in [6, 6.07) is 9.72. The topological polar surface area (TPSA) is 48.4 Å². The van der Waals surface area contributed by atoms with Gasteiger partial charge in [0.2, 0.25) is 0 Å². The molecule has 0 amide bonds. The van der Waals surface area contributed by atoms with E-state index in [-0.39, 0.29) is 5.97 Å². The van der Waals surface area contributed by atoms with Crippen molar-refractivity contribution in [3.63, 3.8) is 0 Å². The number of aromatic nitrogens is 1. The van der Waals surface area contributed by atoms with Crippen LogP contribution in [0, 0.1) is 13.8 Å². The number of aryl methyl sites for hydroxylation is 2. The smallest absolute Gasteiger partial charge is 0.330 e. The first-order valence-corrected chi connectivity index (χ1v) is 8.59. The minimum absolute atomic E-state index is 0.331. The van der Waals surface area contributed by atoms with Crippen LogP contribution in [-0.2, 0) is 16.1 Å². The zero-order valence-corrected chi connectivity index (χ0v) is 15.1. The van der Waals surface area contributed by atoms with E-state index >= 15 is 0 Å². The Morgan fingerprint density at radius 3 is 2.72 bits per heavy atom. The number of carbonyl (C=O) groups excluding carboxylic acids is 1. The highest BCUT2D eigenvalue weighted by Gasteiger charge is 2.07. The molecule has 0 aliphatic heterocycles. The lowest BCUT2D eigenvalue weighted by atomic mass is 10.0. The Morgan fingerprint density at radius 2 is 2.00 bits per heavy atom. The maximum Gasteiger partial charge on any atom is 0.330 e. The van der Waals surface area contributed by atoms with E-state index in [1.54, 1.807) is 12.3 Å². The summed E-state index contributed by atoms with van der Waals surface area (Å²) < 4.78 is 11.1. The van der Waals surface area contributed by atoms with Gasteiger partial charge >= 0.3 is 5.97 Å². The molecule has 0 aliphatic rings.